The van der Waals surface area contributed by atoms with Crippen molar-refractivity contribution in [3.05, 3.63) is 18.7 Å². The number of nitrogens with zero attached hydrogens (tertiary/aromatic N) is 6. The van der Waals surface area contributed by atoms with Crippen LogP contribution < -0.4 is 10.6 Å². The van der Waals surface area contributed by atoms with E-state index in [-0.39, 0.29) is 5.95 Å². The number of aromatic nitrogens is 5. The Morgan fingerprint density at radius 1 is 1.32 bits per heavy atom. The lowest BCUT2D eigenvalue weighted by Crippen LogP contribution is -2.23. The maximum atomic E-state index is 5.78. The van der Waals surface area contributed by atoms with Gasteiger partial charge in [-0.1, -0.05) is 13.3 Å². The molecule has 19 heavy (non-hydrogen) atoms. The maximum absolute atomic E-state index is 5.78. The minimum absolute atomic E-state index is 0.244. The highest BCUT2D eigenvalue weighted by Crippen LogP contribution is 2.23. The normalized spacial score (nSPS) is 19.0. The summed E-state index contributed by atoms with van der Waals surface area (Å²) in [6, 6.07) is 0. The van der Waals surface area contributed by atoms with Crippen LogP contribution in [0.2, 0.25) is 0 Å². The Labute approximate surface area is 111 Å². The first-order valence-electron chi connectivity index (χ1n) is 6.51. The van der Waals surface area contributed by atoms with E-state index in [0.717, 1.165) is 19.0 Å². The lowest BCUT2D eigenvalue weighted by Gasteiger charge is -2.16. The van der Waals surface area contributed by atoms with Crippen molar-refractivity contribution in [1.82, 2.24) is 24.5 Å². The smallest absolute Gasteiger partial charge is 0.241 e. The van der Waals surface area contributed by atoms with Gasteiger partial charge in [0.1, 0.15) is 6.33 Å². The molecule has 100 valence electrons. The standard InChI is InChI=1S/C12H17N7/c1-2-9-3-5-18(7-9)11-15-10(13)16-12(17-11)19-6-4-14-8-19/h4,6,8-9H,2-3,5,7H2,1H3,(H2,13,15,16,17). The predicted molar refractivity (Wildman–Crippen MR) is 72.0 cm³/mol. The van der Waals surface area contributed by atoms with E-state index in [1.54, 1.807) is 23.3 Å². The third kappa shape index (κ3) is 2.35. The number of hydrogen-bond acceptors (Lipinski definition) is 6. The van der Waals surface area contributed by atoms with Crippen LogP contribution in [-0.4, -0.2) is 37.6 Å². The fourth-order valence-electron chi connectivity index (χ4n) is 2.35. The summed E-state index contributed by atoms with van der Waals surface area (Å²) in [5.74, 6) is 2.13. The molecule has 0 bridgehead atoms. The number of imidazole rings is 1. The molecule has 1 aliphatic heterocycles. The largest absolute Gasteiger partial charge is 0.368 e. The van der Waals surface area contributed by atoms with Gasteiger partial charge in [-0.3, -0.25) is 4.57 Å². The Bertz CT molecular complexity index is 551. The molecule has 0 amide bonds. The Morgan fingerprint density at radius 3 is 2.84 bits per heavy atom. The molecule has 0 radical (unpaired) electrons. The summed E-state index contributed by atoms with van der Waals surface area (Å²) in [7, 11) is 0. The van der Waals surface area contributed by atoms with E-state index < -0.39 is 0 Å². The molecule has 2 N–H and O–H groups in total. The fraction of sp³-hybridized carbons (Fsp3) is 0.500. The summed E-state index contributed by atoms with van der Waals surface area (Å²) in [5, 5.41) is 0. The zero-order chi connectivity index (χ0) is 13.2. The van der Waals surface area contributed by atoms with E-state index in [2.05, 4.69) is 31.8 Å². The van der Waals surface area contributed by atoms with E-state index in [9.17, 15) is 0 Å². The predicted octanol–water partition coefficient (Wildman–Crippen LogP) is 0.876. The monoisotopic (exact) mass is 259 g/mol. The van der Waals surface area contributed by atoms with E-state index in [1.165, 1.54) is 12.8 Å². The highest BCUT2D eigenvalue weighted by Gasteiger charge is 2.23. The number of anilines is 2. The third-order valence-corrected chi connectivity index (χ3v) is 3.51. The Balaban J connectivity index is 1.90. The minimum Gasteiger partial charge on any atom is -0.368 e. The highest BCUT2D eigenvalue weighted by molar-refractivity contribution is 5.38. The van der Waals surface area contributed by atoms with Crippen molar-refractivity contribution in [3.63, 3.8) is 0 Å². The zero-order valence-electron chi connectivity index (χ0n) is 10.9. The first-order chi connectivity index (χ1) is 9.26. The van der Waals surface area contributed by atoms with Gasteiger partial charge in [-0.15, -0.1) is 0 Å². The van der Waals surface area contributed by atoms with Crippen LogP contribution in [-0.2, 0) is 0 Å². The van der Waals surface area contributed by atoms with Crippen molar-refractivity contribution < 1.29 is 0 Å². The van der Waals surface area contributed by atoms with Crippen LogP contribution >= 0.6 is 0 Å². The summed E-state index contributed by atoms with van der Waals surface area (Å²) >= 11 is 0. The molecule has 7 nitrogen and oxygen atoms in total. The molecule has 0 aromatic carbocycles. The van der Waals surface area contributed by atoms with Crippen LogP contribution in [0.1, 0.15) is 19.8 Å². The summed E-state index contributed by atoms with van der Waals surface area (Å²) in [4.78, 5) is 19.0. The Kier molecular flexibility index (Phi) is 3.02. The SMILES string of the molecule is CCC1CCN(c2nc(N)nc(-n3ccnc3)n2)C1. The summed E-state index contributed by atoms with van der Waals surface area (Å²) < 4.78 is 1.73. The minimum atomic E-state index is 0.244. The van der Waals surface area contributed by atoms with Crippen molar-refractivity contribution in [2.24, 2.45) is 5.92 Å². The van der Waals surface area contributed by atoms with E-state index in [0.29, 0.717) is 11.9 Å². The van der Waals surface area contributed by atoms with Gasteiger partial charge in [-0.25, -0.2) is 4.98 Å². The van der Waals surface area contributed by atoms with Crippen molar-refractivity contribution in [1.29, 1.82) is 0 Å². The fourth-order valence-corrected chi connectivity index (χ4v) is 2.35. The molecular weight excluding hydrogens is 242 g/mol. The number of nitrogen functional groups attached to an aromatic ring is 1. The molecule has 7 heteroatoms. The molecule has 0 saturated carbocycles. The Hall–Kier alpha value is -2.18. The van der Waals surface area contributed by atoms with Crippen molar-refractivity contribution in [3.8, 4) is 5.95 Å². The van der Waals surface area contributed by atoms with Gasteiger partial charge in [0.25, 0.3) is 0 Å². The van der Waals surface area contributed by atoms with Gasteiger partial charge < -0.3 is 10.6 Å². The summed E-state index contributed by atoms with van der Waals surface area (Å²) in [6.45, 7) is 4.18. The van der Waals surface area contributed by atoms with Crippen LogP contribution in [0.15, 0.2) is 18.7 Å². The molecule has 0 aliphatic carbocycles. The van der Waals surface area contributed by atoms with Crippen LogP contribution in [0.3, 0.4) is 0 Å². The quantitative estimate of drug-likeness (QED) is 0.880. The molecule has 3 heterocycles. The van der Waals surface area contributed by atoms with Crippen LogP contribution in [0.4, 0.5) is 11.9 Å². The molecular formula is C12H17N7. The molecule has 1 saturated heterocycles. The molecule has 1 unspecified atom stereocenters. The second-order valence-electron chi connectivity index (χ2n) is 4.77. The summed E-state index contributed by atoms with van der Waals surface area (Å²) in [6.07, 6.45) is 7.49. The Morgan fingerprint density at radius 2 is 2.16 bits per heavy atom. The molecule has 0 spiro atoms. The van der Waals surface area contributed by atoms with Gasteiger partial charge >= 0.3 is 0 Å². The molecule has 1 aliphatic rings. The average Bonchev–Trinajstić information content (AvgIpc) is 3.09. The van der Waals surface area contributed by atoms with E-state index >= 15 is 0 Å². The number of rotatable bonds is 3. The molecule has 2 aromatic rings. The second kappa shape index (κ2) is 4.83. The van der Waals surface area contributed by atoms with Gasteiger partial charge in [0.2, 0.25) is 17.8 Å². The lowest BCUT2D eigenvalue weighted by molar-refractivity contribution is 0.568. The molecule has 1 atom stereocenters. The van der Waals surface area contributed by atoms with Crippen molar-refractivity contribution in [2.75, 3.05) is 23.7 Å². The van der Waals surface area contributed by atoms with Crippen molar-refractivity contribution >= 4 is 11.9 Å². The van der Waals surface area contributed by atoms with Gasteiger partial charge in [0.15, 0.2) is 0 Å². The topological polar surface area (TPSA) is 85.8 Å². The molecule has 1 fully saturated rings. The lowest BCUT2D eigenvalue weighted by atomic mass is 10.1. The summed E-state index contributed by atoms with van der Waals surface area (Å²) in [5.41, 5.74) is 5.78. The van der Waals surface area contributed by atoms with Crippen LogP contribution in [0, 0.1) is 5.92 Å². The molecule has 3 rings (SSSR count). The first-order valence-corrected chi connectivity index (χ1v) is 6.51. The van der Waals surface area contributed by atoms with Crippen LogP contribution in [0.5, 0.6) is 0 Å². The van der Waals surface area contributed by atoms with Gasteiger partial charge in [-0.2, -0.15) is 15.0 Å². The maximum Gasteiger partial charge on any atom is 0.241 e. The van der Waals surface area contributed by atoms with Gasteiger partial charge in [0.05, 0.1) is 0 Å². The first kappa shape index (κ1) is 11.9. The second-order valence-corrected chi connectivity index (χ2v) is 4.77. The van der Waals surface area contributed by atoms with Crippen LogP contribution in [0.25, 0.3) is 5.95 Å². The van der Waals surface area contributed by atoms with E-state index in [4.69, 9.17) is 5.73 Å². The molecule has 2 aromatic heterocycles. The number of hydrogen-bond donors (Lipinski definition) is 1. The van der Waals surface area contributed by atoms with E-state index in [1.807, 2.05) is 0 Å². The number of nitrogens with two attached hydrogens (primary N) is 1. The van der Waals surface area contributed by atoms with Gasteiger partial charge in [-0.05, 0) is 12.3 Å². The van der Waals surface area contributed by atoms with Crippen molar-refractivity contribution in [2.45, 2.75) is 19.8 Å². The van der Waals surface area contributed by atoms with Gasteiger partial charge in [0, 0.05) is 25.5 Å². The third-order valence-electron chi connectivity index (χ3n) is 3.51. The highest BCUT2D eigenvalue weighted by atomic mass is 15.3. The zero-order valence-corrected chi connectivity index (χ0v) is 10.9. The average molecular weight is 259 g/mol.